The number of hydrogen-bond donors (Lipinski definition) is 3. The number of rotatable bonds is 4. The van der Waals surface area contributed by atoms with E-state index in [1.165, 1.54) is 0 Å². The van der Waals surface area contributed by atoms with Crippen LogP contribution in [0.5, 0.6) is 0 Å². The van der Waals surface area contributed by atoms with Crippen LogP contribution in [0.25, 0.3) is 0 Å². The topological polar surface area (TPSA) is 70.2 Å². The number of aryl methyl sites for hydroxylation is 1. The highest BCUT2D eigenvalue weighted by molar-refractivity contribution is 9.10. The Morgan fingerprint density at radius 2 is 1.48 bits per heavy atom. The van der Waals surface area contributed by atoms with E-state index in [0.29, 0.717) is 22.5 Å². The zero-order chi connectivity index (χ0) is 20.8. The van der Waals surface area contributed by atoms with Crippen LogP contribution in [0.1, 0.15) is 26.3 Å². The molecule has 0 radical (unpaired) electrons. The Bertz CT molecular complexity index is 1070. The van der Waals surface area contributed by atoms with Gasteiger partial charge in [-0.2, -0.15) is 0 Å². The summed E-state index contributed by atoms with van der Waals surface area (Å²) in [4.78, 5) is 24.6. The average Bonchev–Trinajstić information content (AvgIpc) is 2.69. The number of carbonyl (C=O) groups is 2. The molecule has 0 aliphatic carbocycles. The summed E-state index contributed by atoms with van der Waals surface area (Å²) in [6.07, 6.45) is 0. The molecule has 0 saturated heterocycles. The molecule has 146 valence electrons. The summed E-state index contributed by atoms with van der Waals surface area (Å²) in [6, 6.07) is 21.5. The second-order valence-corrected chi connectivity index (χ2v) is 7.59. The summed E-state index contributed by atoms with van der Waals surface area (Å²) in [6.45, 7) is 1.89. The molecular weight excluding hydrogens is 450 g/mol. The van der Waals surface area contributed by atoms with E-state index >= 15 is 0 Å². The van der Waals surface area contributed by atoms with Gasteiger partial charge >= 0.3 is 0 Å². The average molecular weight is 468 g/mol. The lowest BCUT2D eigenvalue weighted by Gasteiger charge is -2.11. The van der Waals surface area contributed by atoms with E-state index in [1.807, 2.05) is 31.2 Å². The van der Waals surface area contributed by atoms with E-state index < -0.39 is 0 Å². The van der Waals surface area contributed by atoms with Crippen molar-refractivity contribution in [2.45, 2.75) is 6.92 Å². The van der Waals surface area contributed by atoms with Crippen molar-refractivity contribution in [3.63, 3.8) is 0 Å². The van der Waals surface area contributed by atoms with Gasteiger partial charge in [-0.05, 0) is 73.2 Å². The number of amides is 2. The first-order chi connectivity index (χ1) is 13.9. The van der Waals surface area contributed by atoms with Gasteiger partial charge in [-0.1, -0.05) is 40.2 Å². The van der Waals surface area contributed by atoms with Crippen molar-refractivity contribution in [2.75, 3.05) is 10.6 Å². The van der Waals surface area contributed by atoms with Gasteiger partial charge in [0, 0.05) is 27.0 Å². The van der Waals surface area contributed by atoms with Crippen molar-refractivity contribution in [3.05, 3.63) is 94.0 Å². The predicted molar refractivity (Wildman–Crippen MR) is 123 cm³/mol. The van der Waals surface area contributed by atoms with Gasteiger partial charge in [-0.3, -0.25) is 14.9 Å². The smallest absolute Gasteiger partial charge is 0.257 e. The normalized spacial score (nSPS) is 10.1. The monoisotopic (exact) mass is 467 g/mol. The van der Waals surface area contributed by atoms with E-state index in [0.717, 1.165) is 10.0 Å². The number of anilines is 2. The molecule has 0 bridgehead atoms. The van der Waals surface area contributed by atoms with Gasteiger partial charge in [-0.15, -0.1) is 0 Å². The number of thiocarbonyl (C=S) groups is 1. The Kier molecular flexibility index (Phi) is 6.74. The fourth-order valence-corrected chi connectivity index (χ4v) is 3.24. The molecule has 0 aliphatic rings. The number of benzene rings is 3. The molecule has 2 amide bonds. The Morgan fingerprint density at radius 1 is 0.828 bits per heavy atom. The Labute approximate surface area is 182 Å². The second-order valence-electron chi connectivity index (χ2n) is 6.26. The lowest BCUT2D eigenvalue weighted by Crippen LogP contribution is -2.34. The van der Waals surface area contributed by atoms with E-state index in [9.17, 15) is 9.59 Å². The van der Waals surface area contributed by atoms with Crippen molar-refractivity contribution < 1.29 is 9.59 Å². The van der Waals surface area contributed by atoms with Crippen LogP contribution in [0, 0.1) is 6.92 Å². The molecule has 3 rings (SSSR count). The SMILES string of the molecule is Cc1ccccc1C(=O)Nc1ccc(NC(=S)NC(=O)c2cccc(Br)c2)cc1. The summed E-state index contributed by atoms with van der Waals surface area (Å²) in [7, 11) is 0. The van der Waals surface area contributed by atoms with E-state index in [2.05, 4.69) is 31.9 Å². The van der Waals surface area contributed by atoms with Crippen molar-refractivity contribution in [2.24, 2.45) is 0 Å². The van der Waals surface area contributed by atoms with Crippen molar-refractivity contribution in [1.29, 1.82) is 0 Å². The summed E-state index contributed by atoms with van der Waals surface area (Å²) in [5.74, 6) is -0.466. The zero-order valence-corrected chi connectivity index (χ0v) is 17.9. The van der Waals surface area contributed by atoms with Gasteiger partial charge in [0.2, 0.25) is 0 Å². The van der Waals surface area contributed by atoms with Crippen LogP contribution < -0.4 is 16.0 Å². The molecular formula is C22H18BrN3O2S. The molecule has 3 aromatic rings. The lowest BCUT2D eigenvalue weighted by atomic mass is 10.1. The first-order valence-corrected chi connectivity index (χ1v) is 9.97. The standard InChI is InChI=1S/C22H18BrN3O2S/c1-14-5-2-3-8-19(14)21(28)24-17-9-11-18(12-10-17)25-22(29)26-20(27)15-6-4-7-16(23)13-15/h2-13H,1H3,(H,24,28)(H2,25,26,27,29). The summed E-state index contributed by atoms with van der Waals surface area (Å²) in [5, 5.41) is 8.64. The highest BCUT2D eigenvalue weighted by Gasteiger charge is 2.10. The third-order valence-electron chi connectivity index (χ3n) is 4.10. The van der Waals surface area contributed by atoms with Crippen LogP contribution in [-0.2, 0) is 0 Å². The summed E-state index contributed by atoms with van der Waals surface area (Å²) in [5.41, 5.74) is 3.39. The van der Waals surface area contributed by atoms with Gasteiger partial charge < -0.3 is 10.6 Å². The lowest BCUT2D eigenvalue weighted by molar-refractivity contribution is 0.0976. The first-order valence-electron chi connectivity index (χ1n) is 8.77. The maximum Gasteiger partial charge on any atom is 0.257 e. The van der Waals surface area contributed by atoms with E-state index in [-0.39, 0.29) is 16.9 Å². The maximum absolute atomic E-state index is 12.4. The van der Waals surface area contributed by atoms with Gasteiger partial charge in [0.1, 0.15) is 0 Å². The maximum atomic E-state index is 12.4. The largest absolute Gasteiger partial charge is 0.332 e. The predicted octanol–water partition coefficient (Wildman–Crippen LogP) is 5.14. The number of halogens is 1. The Hall–Kier alpha value is -3.03. The highest BCUT2D eigenvalue weighted by atomic mass is 79.9. The molecule has 0 spiro atoms. The van der Waals surface area contributed by atoms with Crippen molar-refractivity contribution in [3.8, 4) is 0 Å². The number of hydrogen-bond acceptors (Lipinski definition) is 3. The van der Waals surface area contributed by atoms with Crippen LogP contribution in [0.4, 0.5) is 11.4 Å². The van der Waals surface area contributed by atoms with Crippen LogP contribution >= 0.6 is 28.1 Å². The molecule has 0 atom stereocenters. The molecule has 3 N–H and O–H groups in total. The van der Waals surface area contributed by atoms with Crippen LogP contribution in [0.15, 0.2) is 77.3 Å². The third-order valence-corrected chi connectivity index (χ3v) is 4.80. The minimum atomic E-state index is -0.300. The summed E-state index contributed by atoms with van der Waals surface area (Å²) >= 11 is 8.54. The minimum Gasteiger partial charge on any atom is -0.332 e. The minimum absolute atomic E-state index is 0.166. The summed E-state index contributed by atoms with van der Waals surface area (Å²) < 4.78 is 0.812. The molecule has 0 unspecified atom stereocenters. The van der Waals surface area contributed by atoms with Crippen molar-refractivity contribution >= 4 is 56.4 Å². The van der Waals surface area contributed by atoms with Crippen molar-refractivity contribution in [1.82, 2.24) is 5.32 Å². The molecule has 0 aromatic heterocycles. The molecule has 29 heavy (non-hydrogen) atoms. The van der Waals surface area contributed by atoms with Crippen LogP contribution in [-0.4, -0.2) is 16.9 Å². The molecule has 0 fully saturated rings. The molecule has 5 nitrogen and oxygen atoms in total. The van der Waals surface area contributed by atoms with Gasteiger partial charge in [0.15, 0.2) is 5.11 Å². The fourth-order valence-electron chi connectivity index (χ4n) is 2.63. The highest BCUT2D eigenvalue weighted by Crippen LogP contribution is 2.16. The molecule has 0 aliphatic heterocycles. The van der Waals surface area contributed by atoms with E-state index in [1.54, 1.807) is 48.5 Å². The van der Waals surface area contributed by atoms with Gasteiger partial charge in [0.25, 0.3) is 11.8 Å². The quantitative estimate of drug-likeness (QED) is 0.464. The van der Waals surface area contributed by atoms with Gasteiger partial charge in [0.05, 0.1) is 0 Å². The Balaban J connectivity index is 1.57. The Morgan fingerprint density at radius 3 is 2.14 bits per heavy atom. The third kappa shape index (κ3) is 5.73. The van der Waals surface area contributed by atoms with Crippen LogP contribution in [0.3, 0.4) is 0 Å². The second kappa shape index (κ2) is 9.45. The number of nitrogens with one attached hydrogen (secondary N) is 3. The van der Waals surface area contributed by atoms with Gasteiger partial charge in [-0.25, -0.2) is 0 Å². The molecule has 3 aromatic carbocycles. The molecule has 7 heteroatoms. The first kappa shape index (κ1) is 20.7. The molecule has 0 heterocycles. The number of carbonyl (C=O) groups excluding carboxylic acids is 2. The van der Waals surface area contributed by atoms with E-state index in [4.69, 9.17) is 12.2 Å². The van der Waals surface area contributed by atoms with Crippen LogP contribution in [0.2, 0.25) is 0 Å². The fraction of sp³-hybridized carbons (Fsp3) is 0.0455. The molecule has 0 saturated carbocycles. The zero-order valence-electron chi connectivity index (χ0n) is 15.5.